The molecule has 0 bridgehead atoms. The van der Waals surface area contributed by atoms with Crippen molar-refractivity contribution in [1.29, 1.82) is 0 Å². The first-order chi connectivity index (χ1) is 10.0. The molecule has 0 aliphatic heterocycles. The zero-order valence-corrected chi connectivity index (χ0v) is 13.1. The second-order valence-corrected chi connectivity index (χ2v) is 5.46. The summed E-state index contributed by atoms with van der Waals surface area (Å²) in [6.45, 7) is 3.94. The van der Waals surface area contributed by atoms with Crippen molar-refractivity contribution in [3.05, 3.63) is 64.4 Å². The smallest absolute Gasteiger partial charge is 0.131 e. The van der Waals surface area contributed by atoms with Crippen molar-refractivity contribution in [3.8, 4) is 5.75 Å². The average Bonchev–Trinajstić information content (AvgIpc) is 2.46. The number of benzene rings is 2. The maximum Gasteiger partial charge on any atom is 0.131 e. The molecule has 2 aromatic rings. The molecule has 112 valence electrons. The van der Waals surface area contributed by atoms with Gasteiger partial charge < -0.3 is 10.1 Å². The summed E-state index contributed by atoms with van der Waals surface area (Å²) in [6.07, 6.45) is 0. The van der Waals surface area contributed by atoms with Gasteiger partial charge in [-0.2, -0.15) is 0 Å². The highest BCUT2D eigenvalue weighted by Gasteiger charge is 2.18. The van der Waals surface area contributed by atoms with Crippen molar-refractivity contribution in [3.63, 3.8) is 0 Å². The molecule has 2 nitrogen and oxygen atoms in total. The van der Waals surface area contributed by atoms with E-state index in [9.17, 15) is 4.39 Å². The van der Waals surface area contributed by atoms with Gasteiger partial charge in [0, 0.05) is 22.7 Å². The molecule has 0 spiro atoms. The third-order valence-corrected chi connectivity index (χ3v) is 3.75. The molecule has 21 heavy (non-hydrogen) atoms. The van der Waals surface area contributed by atoms with Gasteiger partial charge in [0.2, 0.25) is 0 Å². The molecule has 0 radical (unpaired) electrons. The molecule has 2 atom stereocenters. The Morgan fingerprint density at radius 3 is 2.48 bits per heavy atom. The third kappa shape index (κ3) is 3.74. The fourth-order valence-corrected chi connectivity index (χ4v) is 2.64. The van der Waals surface area contributed by atoms with Gasteiger partial charge in [-0.25, -0.2) is 4.39 Å². The molecule has 4 heteroatoms. The largest absolute Gasteiger partial charge is 0.496 e. The normalized spacial score (nSPS) is 13.8. The molecule has 2 unspecified atom stereocenters. The molecular formula is C17H19ClFNO. The second kappa shape index (κ2) is 6.92. The van der Waals surface area contributed by atoms with E-state index in [4.69, 9.17) is 16.3 Å². The summed E-state index contributed by atoms with van der Waals surface area (Å²) in [5.74, 6) is 0.279. The van der Waals surface area contributed by atoms with Crippen LogP contribution >= 0.6 is 11.6 Å². The lowest BCUT2D eigenvalue weighted by molar-refractivity contribution is 0.387. The van der Waals surface area contributed by atoms with Gasteiger partial charge in [-0.05, 0) is 43.7 Å². The molecule has 2 aromatic carbocycles. The number of rotatable bonds is 5. The van der Waals surface area contributed by atoms with Crippen LogP contribution in [0.1, 0.15) is 37.1 Å². The Morgan fingerprint density at radius 2 is 1.81 bits per heavy atom. The Morgan fingerprint density at radius 1 is 1.10 bits per heavy atom. The van der Waals surface area contributed by atoms with Crippen molar-refractivity contribution in [2.45, 2.75) is 25.9 Å². The lowest BCUT2D eigenvalue weighted by atomic mass is 10.0. The fourth-order valence-electron chi connectivity index (χ4n) is 2.45. The maximum atomic E-state index is 14.1. The molecule has 0 heterocycles. The van der Waals surface area contributed by atoms with E-state index in [2.05, 4.69) is 5.32 Å². The first-order valence-electron chi connectivity index (χ1n) is 6.87. The average molecular weight is 308 g/mol. The van der Waals surface area contributed by atoms with E-state index in [0.717, 1.165) is 5.56 Å². The van der Waals surface area contributed by atoms with E-state index in [1.54, 1.807) is 19.2 Å². The molecule has 0 saturated carbocycles. The van der Waals surface area contributed by atoms with Gasteiger partial charge in [0.25, 0.3) is 0 Å². The van der Waals surface area contributed by atoms with Crippen LogP contribution in [0.15, 0.2) is 42.5 Å². The Bertz CT molecular complexity index is 617. The summed E-state index contributed by atoms with van der Waals surface area (Å²) >= 11 is 6.01. The van der Waals surface area contributed by atoms with Gasteiger partial charge in [-0.1, -0.05) is 29.8 Å². The van der Waals surface area contributed by atoms with Gasteiger partial charge in [-0.15, -0.1) is 0 Å². The molecule has 0 aromatic heterocycles. The van der Waals surface area contributed by atoms with Crippen molar-refractivity contribution in [2.24, 2.45) is 0 Å². The molecule has 0 fully saturated rings. The third-order valence-electron chi connectivity index (χ3n) is 3.51. The van der Waals surface area contributed by atoms with E-state index >= 15 is 0 Å². The number of hydrogen-bond donors (Lipinski definition) is 1. The van der Waals surface area contributed by atoms with Crippen molar-refractivity contribution in [2.75, 3.05) is 7.11 Å². The number of hydrogen-bond acceptors (Lipinski definition) is 2. The first kappa shape index (κ1) is 15.8. The van der Waals surface area contributed by atoms with E-state index in [-0.39, 0.29) is 17.9 Å². The van der Waals surface area contributed by atoms with Crippen LogP contribution in [-0.4, -0.2) is 7.11 Å². The van der Waals surface area contributed by atoms with Crippen LogP contribution in [0, 0.1) is 5.82 Å². The molecule has 0 aliphatic rings. The topological polar surface area (TPSA) is 21.3 Å². The quantitative estimate of drug-likeness (QED) is 0.848. The van der Waals surface area contributed by atoms with Crippen molar-refractivity contribution >= 4 is 11.6 Å². The van der Waals surface area contributed by atoms with Gasteiger partial charge >= 0.3 is 0 Å². The summed E-state index contributed by atoms with van der Waals surface area (Å²) in [4.78, 5) is 0. The summed E-state index contributed by atoms with van der Waals surface area (Å²) in [6, 6.07) is 12.4. The standard InChI is InChI=1S/C17H19ClFNO/c1-11(13-6-4-7-14(18)10-13)20-12(2)17-15(19)8-5-9-16(17)21-3/h4-12,20H,1-3H3. The number of halogens is 2. The van der Waals surface area contributed by atoms with E-state index in [0.29, 0.717) is 16.3 Å². The monoisotopic (exact) mass is 307 g/mol. The lowest BCUT2D eigenvalue weighted by Crippen LogP contribution is -2.23. The van der Waals surface area contributed by atoms with Gasteiger partial charge in [0.05, 0.1) is 7.11 Å². The van der Waals surface area contributed by atoms with E-state index in [1.807, 2.05) is 38.1 Å². The number of nitrogens with one attached hydrogen (secondary N) is 1. The molecule has 0 aliphatic carbocycles. The van der Waals surface area contributed by atoms with Gasteiger partial charge in [0.1, 0.15) is 11.6 Å². The van der Waals surface area contributed by atoms with Crippen LogP contribution in [0.2, 0.25) is 5.02 Å². The zero-order valence-electron chi connectivity index (χ0n) is 12.4. The molecular weight excluding hydrogens is 289 g/mol. The van der Waals surface area contributed by atoms with Crippen molar-refractivity contribution in [1.82, 2.24) is 5.32 Å². The minimum atomic E-state index is -0.271. The molecule has 2 rings (SSSR count). The van der Waals surface area contributed by atoms with Gasteiger partial charge in [-0.3, -0.25) is 0 Å². The molecule has 0 amide bonds. The van der Waals surface area contributed by atoms with Crippen LogP contribution in [0.3, 0.4) is 0 Å². The number of ether oxygens (including phenoxy) is 1. The SMILES string of the molecule is COc1cccc(F)c1C(C)NC(C)c1cccc(Cl)c1. The van der Waals surface area contributed by atoms with Crippen LogP contribution in [-0.2, 0) is 0 Å². The first-order valence-corrected chi connectivity index (χ1v) is 7.24. The highest BCUT2D eigenvalue weighted by Crippen LogP contribution is 2.29. The van der Waals surface area contributed by atoms with Crippen LogP contribution in [0.5, 0.6) is 5.75 Å². The zero-order chi connectivity index (χ0) is 15.4. The molecule has 0 saturated heterocycles. The predicted molar refractivity (Wildman–Crippen MR) is 84.4 cm³/mol. The minimum Gasteiger partial charge on any atom is -0.496 e. The van der Waals surface area contributed by atoms with Crippen LogP contribution < -0.4 is 10.1 Å². The second-order valence-electron chi connectivity index (χ2n) is 5.02. The molecule has 1 N–H and O–H groups in total. The number of methoxy groups -OCH3 is 1. The van der Waals surface area contributed by atoms with E-state index < -0.39 is 0 Å². The predicted octanol–water partition coefficient (Wildman–Crippen LogP) is 4.90. The highest BCUT2D eigenvalue weighted by atomic mass is 35.5. The van der Waals surface area contributed by atoms with Crippen LogP contribution in [0.4, 0.5) is 4.39 Å². The Labute approximate surface area is 129 Å². The van der Waals surface area contributed by atoms with Gasteiger partial charge in [0.15, 0.2) is 0 Å². The Kier molecular flexibility index (Phi) is 5.21. The van der Waals surface area contributed by atoms with Crippen molar-refractivity contribution < 1.29 is 9.13 Å². The maximum absolute atomic E-state index is 14.1. The Balaban J connectivity index is 2.20. The highest BCUT2D eigenvalue weighted by molar-refractivity contribution is 6.30. The summed E-state index contributed by atoms with van der Waals surface area (Å²) in [7, 11) is 1.55. The summed E-state index contributed by atoms with van der Waals surface area (Å²) < 4.78 is 19.3. The lowest BCUT2D eigenvalue weighted by Gasteiger charge is -2.23. The fraction of sp³-hybridized carbons (Fsp3) is 0.294. The minimum absolute atomic E-state index is 0.0445. The summed E-state index contributed by atoms with van der Waals surface area (Å²) in [5.41, 5.74) is 1.60. The van der Waals surface area contributed by atoms with Crippen LogP contribution in [0.25, 0.3) is 0 Å². The Hall–Kier alpha value is -1.58. The summed E-state index contributed by atoms with van der Waals surface area (Å²) in [5, 5.41) is 4.07. The van der Waals surface area contributed by atoms with E-state index in [1.165, 1.54) is 6.07 Å².